The molecule has 0 unspecified atom stereocenters. The van der Waals surface area contributed by atoms with Crippen LogP contribution < -0.4 is 18.9 Å². The molecular weight excluding hydrogens is 596 g/mol. The van der Waals surface area contributed by atoms with Gasteiger partial charge in [0.1, 0.15) is 0 Å². The third kappa shape index (κ3) is 8.47. The Morgan fingerprint density at radius 1 is 0.867 bits per heavy atom. The number of methoxy groups -OCH3 is 4. The van der Waals surface area contributed by atoms with Crippen LogP contribution in [0.3, 0.4) is 0 Å². The van der Waals surface area contributed by atoms with Crippen LogP contribution in [0.2, 0.25) is 0 Å². The quantitative estimate of drug-likeness (QED) is 0.302. The van der Waals surface area contributed by atoms with E-state index in [1.54, 1.807) is 40.6 Å². The Morgan fingerprint density at radius 3 is 2.00 bits per heavy atom. The van der Waals surface area contributed by atoms with Gasteiger partial charge >= 0.3 is 0 Å². The summed E-state index contributed by atoms with van der Waals surface area (Å²) in [5.74, 6) is 3.69. The molecule has 3 aromatic carbocycles. The Labute approximate surface area is 266 Å². The van der Waals surface area contributed by atoms with E-state index in [9.17, 15) is 13.2 Å². The van der Waals surface area contributed by atoms with Gasteiger partial charge in [0.15, 0.2) is 23.0 Å². The fraction of sp³-hybridized carbons (Fsp3) is 0.441. The minimum absolute atomic E-state index is 0.0666. The molecule has 0 spiro atoms. The van der Waals surface area contributed by atoms with Gasteiger partial charge in [0.25, 0.3) is 10.1 Å². The molecule has 10 nitrogen and oxygen atoms in total. The van der Waals surface area contributed by atoms with Crippen LogP contribution in [0.15, 0.2) is 53.4 Å². The van der Waals surface area contributed by atoms with Gasteiger partial charge in [-0.1, -0.05) is 17.7 Å². The van der Waals surface area contributed by atoms with E-state index in [1.807, 2.05) is 24.0 Å². The van der Waals surface area contributed by atoms with Crippen molar-refractivity contribution in [2.45, 2.75) is 43.4 Å². The summed E-state index contributed by atoms with van der Waals surface area (Å²) in [7, 11) is 4.77. The van der Waals surface area contributed by atoms with E-state index in [2.05, 4.69) is 24.1 Å². The number of rotatable bonds is 11. The van der Waals surface area contributed by atoms with Crippen molar-refractivity contribution in [1.29, 1.82) is 0 Å². The number of ether oxygens (including phenoxy) is 4. The van der Waals surface area contributed by atoms with Crippen LogP contribution in [0.4, 0.5) is 0 Å². The lowest BCUT2D eigenvalue weighted by Gasteiger charge is -2.34. The van der Waals surface area contributed by atoms with Gasteiger partial charge in [-0.2, -0.15) is 8.42 Å². The van der Waals surface area contributed by atoms with Crippen LogP contribution in [-0.4, -0.2) is 90.3 Å². The Kier molecular flexibility index (Phi) is 11.4. The van der Waals surface area contributed by atoms with Crippen molar-refractivity contribution in [3.8, 4) is 23.0 Å². The summed E-state index contributed by atoms with van der Waals surface area (Å²) < 4.78 is 51.3. The number of aryl methyl sites for hydroxylation is 1. The second-order valence-electron chi connectivity index (χ2n) is 11.5. The molecular formula is C34H44N2O8S. The van der Waals surface area contributed by atoms with Crippen LogP contribution in [0, 0.1) is 6.92 Å². The molecule has 5 rings (SSSR count). The fourth-order valence-electron chi connectivity index (χ4n) is 5.86. The second-order valence-corrected chi connectivity index (χ2v) is 12.9. The van der Waals surface area contributed by atoms with Gasteiger partial charge in [0, 0.05) is 25.6 Å². The summed E-state index contributed by atoms with van der Waals surface area (Å²) in [6, 6.07) is 14.2. The predicted octanol–water partition coefficient (Wildman–Crippen LogP) is 4.55. The number of hydrogen-bond donors (Lipinski definition) is 1. The highest BCUT2D eigenvalue weighted by Gasteiger charge is 2.29. The molecule has 1 aliphatic carbocycles. The molecule has 45 heavy (non-hydrogen) atoms. The Bertz CT molecular complexity index is 1590. The van der Waals surface area contributed by atoms with Crippen LogP contribution in [-0.2, 0) is 34.2 Å². The standard InChI is InChI=1S/C27H36N2O5.C7H8O3S/c1-28(17-21-11-20-14-25(33-4)26(34-5)16-22(20)21)8-6-9-29-10-7-18-12-23(31-2)24(32-3)13-19(18)15-27(29)30;1-6-2-4-7(5-3-6)11(8,9)10/h12-14,16,21H,6-11,15,17H2,1-5H3;2-5H,1H3,(H,8,9,10)/t21-;/m1./s1. The van der Waals surface area contributed by atoms with E-state index in [0.29, 0.717) is 18.1 Å². The first-order chi connectivity index (χ1) is 21.5. The second kappa shape index (κ2) is 15.0. The molecule has 0 fully saturated rings. The van der Waals surface area contributed by atoms with Gasteiger partial charge in [-0.3, -0.25) is 9.35 Å². The molecule has 1 N–H and O–H groups in total. The van der Waals surface area contributed by atoms with Crippen molar-refractivity contribution in [3.63, 3.8) is 0 Å². The average molecular weight is 641 g/mol. The topological polar surface area (TPSA) is 115 Å². The number of amides is 1. The molecule has 1 atom stereocenters. The normalized spacial score (nSPS) is 15.6. The Balaban J connectivity index is 0.000000354. The summed E-state index contributed by atoms with van der Waals surface area (Å²) in [5, 5.41) is 0. The minimum Gasteiger partial charge on any atom is -0.493 e. The maximum Gasteiger partial charge on any atom is 0.294 e. The van der Waals surface area contributed by atoms with Crippen LogP contribution in [0.1, 0.15) is 40.2 Å². The maximum absolute atomic E-state index is 12.9. The molecule has 0 bridgehead atoms. The molecule has 0 aromatic heterocycles. The molecule has 244 valence electrons. The van der Waals surface area contributed by atoms with E-state index in [-0.39, 0.29) is 10.8 Å². The van der Waals surface area contributed by atoms with Crippen molar-refractivity contribution < 1.29 is 36.7 Å². The highest BCUT2D eigenvalue weighted by Crippen LogP contribution is 2.42. The van der Waals surface area contributed by atoms with Gasteiger partial charge in [0.2, 0.25) is 5.91 Å². The lowest BCUT2D eigenvalue weighted by molar-refractivity contribution is -0.130. The Morgan fingerprint density at radius 2 is 1.42 bits per heavy atom. The van der Waals surface area contributed by atoms with Gasteiger partial charge in [-0.25, -0.2) is 0 Å². The number of carbonyl (C=O) groups is 1. The maximum atomic E-state index is 12.9. The molecule has 0 radical (unpaired) electrons. The predicted molar refractivity (Wildman–Crippen MR) is 173 cm³/mol. The summed E-state index contributed by atoms with van der Waals surface area (Å²) in [6.07, 6.45) is 3.27. The van der Waals surface area contributed by atoms with E-state index in [4.69, 9.17) is 23.5 Å². The lowest BCUT2D eigenvalue weighted by Crippen LogP contribution is -2.36. The SMILES string of the molecule is COc1cc2c(cc1OC)CC(=O)N(CCCN(C)C[C@H]1Cc3cc(OC)c(OC)cc31)CC2.Cc1ccc(S(=O)(=O)O)cc1. The highest BCUT2D eigenvalue weighted by atomic mass is 32.2. The number of likely N-dealkylation sites (N-methyl/N-ethyl adjacent to an activating group) is 1. The molecule has 3 aromatic rings. The molecule has 1 aliphatic heterocycles. The van der Waals surface area contributed by atoms with Crippen molar-refractivity contribution in [2.75, 3.05) is 61.7 Å². The molecule has 0 saturated carbocycles. The third-order valence-corrected chi connectivity index (χ3v) is 9.29. The first-order valence-electron chi connectivity index (χ1n) is 15.0. The zero-order valence-electron chi connectivity index (χ0n) is 27.0. The third-order valence-electron chi connectivity index (χ3n) is 8.42. The molecule has 2 aliphatic rings. The monoisotopic (exact) mass is 640 g/mol. The van der Waals surface area contributed by atoms with Crippen molar-refractivity contribution >= 4 is 16.0 Å². The smallest absolute Gasteiger partial charge is 0.294 e. The summed E-state index contributed by atoms with van der Waals surface area (Å²) in [6.45, 7) is 5.31. The molecule has 1 amide bonds. The van der Waals surface area contributed by atoms with Crippen molar-refractivity contribution in [3.05, 3.63) is 76.3 Å². The first kappa shape index (κ1) is 34.1. The van der Waals surface area contributed by atoms with E-state index < -0.39 is 10.1 Å². The summed E-state index contributed by atoms with van der Waals surface area (Å²) >= 11 is 0. The zero-order valence-corrected chi connectivity index (χ0v) is 27.8. The molecule has 0 saturated heterocycles. The average Bonchev–Trinajstić information content (AvgIpc) is 3.16. The number of nitrogens with zero attached hydrogens (tertiary/aromatic N) is 2. The van der Waals surface area contributed by atoms with Crippen molar-refractivity contribution in [2.24, 2.45) is 0 Å². The molecule has 11 heteroatoms. The van der Waals surface area contributed by atoms with E-state index in [1.165, 1.54) is 28.8 Å². The summed E-state index contributed by atoms with van der Waals surface area (Å²) in [5.41, 5.74) is 5.87. The largest absolute Gasteiger partial charge is 0.493 e. The number of benzene rings is 3. The van der Waals surface area contributed by atoms with E-state index >= 15 is 0 Å². The first-order valence-corrected chi connectivity index (χ1v) is 16.4. The number of carbonyl (C=O) groups excluding carboxylic acids is 1. The highest BCUT2D eigenvalue weighted by molar-refractivity contribution is 7.85. The van der Waals surface area contributed by atoms with E-state index in [0.717, 1.165) is 73.8 Å². The van der Waals surface area contributed by atoms with Gasteiger partial charge in [-0.15, -0.1) is 0 Å². The minimum atomic E-state index is -4.02. The fourth-order valence-corrected chi connectivity index (χ4v) is 6.34. The van der Waals surface area contributed by atoms with Gasteiger partial charge in [-0.05, 0) is 98.4 Å². The van der Waals surface area contributed by atoms with Crippen LogP contribution in [0.25, 0.3) is 0 Å². The molecule has 1 heterocycles. The summed E-state index contributed by atoms with van der Waals surface area (Å²) in [4.78, 5) is 17.2. The lowest BCUT2D eigenvalue weighted by atomic mass is 9.77. The van der Waals surface area contributed by atoms with Crippen LogP contribution in [0.5, 0.6) is 23.0 Å². The van der Waals surface area contributed by atoms with Crippen molar-refractivity contribution in [1.82, 2.24) is 9.80 Å². The van der Waals surface area contributed by atoms with Gasteiger partial charge in [0.05, 0.1) is 39.8 Å². The van der Waals surface area contributed by atoms with Gasteiger partial charge < -0.3 is 28.7 Å². The number of hydrogen-bond acceptors (Lipinski definition) is 8. The Hall–Kier alpha value is -3.80. The zero-order chi connectivity index (χ0) is 32.7. The number of fused-ring (bicyclic) bond motifs is 2. The van der Waals surface area contributed by atoms with Crippen LogP contribution >= 0.6 is 0 Å².